The third-order valence-electron chi connectivity index (χ3n) is 12.8. The molecule has 1 heterocycles. The lowest BCUT2D eigenvalue weighted by Crippen LogP contribution is -2.59. The summed E-state index contributed by atoms with van der Waals surface area (Å²) in [6.45, 7) is 22.4. The van der Waals surface area contributed by atoms with Gasteiger partial charge in [0.2, 0.25) is 23.6 Å². The molecular formula is C51H90N6O10. The molecular weight excluding hydrogens is 857 g/mol. The maximum atomic E-state index is 14.4. The summed E-state index contributed by atoms with van der Waals surface area (Å²) in [5.41, 5.74) is 3.74. The maximum absolute atomic E-state index is 14.4. The standard InChI is InChI=1S/C51H90N6O10/c1-16-36(6)46(56(13)50(62)44(34(2)3)53-49(61)45(35(4)5)55(11)12)42(63-14)33-43(59)57-25-20-23-40(57)47(64-15)37(7)41(58)32-39(31-38-21-18-17-19-22-38)48(60)52-24-26-65-27-28-66-29-30-67-54-51(8,9)10/h17-19,21-22,34-37,39-40,42,44-47,54H,16,20,23-33H2,1-15H3,(H,52,60)(H,53,61)/t36-,37-,39+,40-,42+,44-,45-,46-,47+/m0/s1. The van der Waals surface area contributed by atoms with Gasteiger partial charge in [-0.15, -0.1) is 0 Å². The molecule has 1 saturated heterocycles. The van der Waals surface area contributed by atoms with E-state index in [-0.39, 0.29) is 84.7 Å². The van der Waals surface area contributed by atoms with Crippen molar-refractivity contribution in [3.05, 3.63) is 35.9 Å². The first-order valence-electron chi connectivity index (χ1n) is 24.6. The number of nitrogens with zero attached hydrogens (tertiary/aromatic N) is 3. The van der Waals surface area contributed by atoms with Crippen LogP contribution in [0.1, 0.15) is 107 Å². The van der Waals surface area contributed by atoms with Crippen molar-refractivity contribution >= 4 is 29.4 Å². The van der Waals surface area contributed by atoms with Gasteiger partial charge in [0.25, 0.3) is 0 Å². The van der Waals surface area contributed by atoms with Crippen molar-refractivity contribution in [2.24, 2.45) is 29.6 Å². The molecule has 1 aliphatic heterocycles. The fourth-order valence-corrected chi connectivity index (χ4v) is 9.11. The molecule has 16 nitrogen and oxygen atoms in total. The van der Waals surface area contributed by atoms with E-state index in [2.05, 4.69) is 16.1 Å². The second-order valence-corrected chi connectivity index (χ2v) is 20.2. The van der Waals surface area contributed by atoms with Gasteiger partial charge in [-0.25, -0.2) is 0 Å². The Morgan fingerprint density at radius 1 is 0.821 bits per heavy atom. The maximum Gasteiger partial charge on any atom is 0.245 e. The predicted molar refractivity (Wildman–Crippen MR) is 262 cm³/mol. The number of hydrogen-bond acceptors (Lipinski definition) is 12. The highest BCUT2D eigenvalue weighted by Crippen LogP contribution is 2.31. The second-order valence-electron chi connectivity index (χ2n) is 20.2. The highest BCUT2D eigenvalue weighted by atomic mass is 16.7. The largest absolute Gasteiger partial charge is 0.379 e. The van der Waals surface area contributed by atoms with E-state index in [1.54, 1.807) is 31.1 Å². The van der Waals surface area contributed by atoms with Crippen LogP contribution in [0.3, 0.4) is 0 Å². The molecule has 1 aromatic rings. The van der Waals surface area contributed by atoms with Crippen LogP contribution in [-0.2, 0) is 54.2 Å². The SMILES string of the molecule is CC[C@H](C)[C@@H]([C@@H](CC(=O)N1CCC[C@H]1[C@H](OC)[C@@H](C)C(=O)C[C@@H](Cc1ccccc1)C(=O)NCCOCCOCCONC(C)(C)C)OC)N(C)C(=O)[C@@H](NC(=O)[C@H](C(C)C)N(C)C)C(C)C. The van der Waals surface area contributed by atoms with E-state index in [4.69, 9.17) is 23.8 Å². The minimum Gasteiger partial charge on any atom is -0.379 e. The van der Waals surface area contributed by atoms with Gasteiger partial charge in [0, 0.05) is 58.2 Å². The Bertz CT molecular complexity index is 1620. The summed E-state index contributed by atoms with van der Waals surface area (Å²) >= 11 is 0. The van der Waals surface area contributed by atoms with E-state index < -0.39 is 42.2 Å². The lowest BCUT2D eigenvalue weighted by atomic mass is 9.85. The molecule has 4 amide bonds. The van der Waals surface area contributed by atoms with Crippen LogP contribution < -0.4 is 16.1 Å². The molecule has 16 heteroatoms. The van der Waals surface area contributed by atoms with Crippen LogP contribution in [0.5, 0.6) is 0 Å². The summed E-state index contributed by atoms with van der Waals surface area (Å²) in [7, 11) is 8.57. The molecule has 0 unspecified atom stereocenters. The van der Waals surface area contributed by atoms with Gasteiger partial charge in [0.1, 0.15) is 11.8 Å². The van der Waals surface area contributed by atoms with Crippen LogP contribution in [0.2, 0.25) is 0 Å². The Morgan fingerprint density at radius 2 is 1.45 bits per heavy atom. The van der Waals surface area contributed by atoms with E-state index in [0.29, 0.717) is 45.8 Å². The van der Waals surface area contributed by atoms with Crippen molar-refractivity contribution in [2.45, 2.75) is 150 Å². The highest BCUT2D eigenvalue weighted by molar-refractivity contribution is 5.90. The van der Waals surface area contributed by atoms with E-state index in [9.17, 15) is 24.0 Å². The van der Waals surface area contributed by atoms with Gasteiger partial charge in [0.15, 0.2) is 0 Å². The number of amides is 4. The van der Waals surface area contributed by atoms with Gasteiger partial charge >= 0.3 is 0 Å². The third kappa shape index (κ3) is 19.8. The number of rotatable bonds is 32. The summed E-state index contributed by atoms with van der Waals surface area (Å²) in [5.74, 6) is -2.41. The predicted octanol–water partition coefficient (Wildman–Crippen LogP) is 4.92. The topological polar surface area (TPSA) is 177 Å². The summed E-state index contributed by atoms with van der Waals surface area (Å²) in [6.07, 6.45) is 1.23. The number of likely N-dealkylation sites (N-methyl/N-ethyl adjacent to an activating group) is 2. The number of methoxy groups -OCH3 is 2. The van der Waals surface area contributed by atoms with Gasteiger partial charge in [-0.2, -0.15) is 5.48 Å². The Balaban J connectivity index is 2.16. The molecule has 67 heavy (non-hydrogen) atoms. The number of carbonyl (C=O) groups is 5. The van der Waals surface area contributed by atoms with Gasteiger partial charge in [-0.05, 0) is 77.4 Å². The Morgan fingerprint density at radius 3 is 2.00 bits per heavy atom. The smallest absolute Gasteiger partial charge is 0.245 e. The highest BCUT2D eigenvalue weighted by Gasteiger charge is 2.43. The lowest BCUT2D eigenvalue weighted by molar-refractivity contribution is -0.148. The minimum absolute atomic E-state index is 0.00292. The zero-order valence-corrected chi connectivity index (χ0v) is 43.9. The molecule has 2 rings (SSSR count). The zero-order chi connectivity index (χ0) is 50.4. The normalized spacial score (nSPS) is 18.0. The monoisotopic (exact) mass is 947 g/mol. The first kappa shape index (κ1) is 59.6. The fourth-order valence-electron chi connectivity index (χ4n) is 9.11. The fraction of sp³-hybridized carbons (Fsp3) is 0.784. The van der Waals surface area contributed by atoms with Crippen molar-refractivity contribution in [1.82, 2.24) is 30.8 Å². The van der Waals surface area contributed by atoms with Crippen molar-refractivity contribution in [3.63, 3.8) is 0 Å². The Hall–Kier alpha value is -3.51. The first-order chi connectivity index (χ1) is 31.6. The molecule has 0 radical (unpaired) electrons. The molecule has 9 atom stereocenters. The number of benzene rings is 1. The van der Waals surface area contributed by atoms with Gasteiger partial charge in [0.05, 0.1) is 69.8 Å². The van der Waals surface area contributed by atoms with Crippen LogP contribution in [0.4, 0.5) is 0 Å². The van der Waals surface area contributed by atoms with Crippen molar-refractivity contribution in [1.29, 1.82) is 0 Å². The molecule has 0 aromatic heterocycles. The summed E-state index contributed by atoms with van der Waals surface area (Å²) in [4.78, 5) is 80.9. The van der Waals surface area contributed by atoms with Crippen LogP contribution in [-0.4, -0.2) is 168 Å². The summed E-state index contributed by atoms with van der Waals surface area (Å²) in [6, 6.07) is 7.60. The van der Waals surface area contributed by atoms with E-state index in [0.717, 1.165) is 18.4 Å². The number of nitrogens with one attached hydrogen (secondary N) is 3. The van der Waals surface area contributed by atoms with Crippen LogP contribution >= 0.6 is 0 Å². The van der Waals surface area contributed by atoms with Gasteiger partial charge in [-0.1, -0.05) is 85.2 Å². The zero-order valence-electron chi connectivity index (χ0n) is 43.9. The molecule has 1 fully saturated rings. The third-order valence-corrected chi connectivity index (χ3v) is 12.8. The average Bonchev–Trinajstić information content (AvgIpc) is 3.76. The van der Waals surface area contributed by atoms with Crippen molar-refractivity contribution in [2.75, 3.05) is 81.5 Å². The van der Waals surface area contributed by atoms with Crippen LogP contribution in [0.25, 0.3) is 0 Å². The van der Waals surface area contributed by atoms with E-state index in [1.807, 2.05) is 119 Å². The number of carbonyl (C=O) groups excluding carboxylic acids is 5. The second kappa shape index (κ2) is 30.2. The van der Waals surface area contributed by atoms with E-state index in [1.165, 1.54) is 0 Å². The number of ketones is 1. The molecule has 1 aromatic carbocycles. The average molecular weight is 947 g/mol. The summed E-state index contributed by atoms with van der Waals surface area (Å²) in [5, 5.41) is 6.02. The first-order valence-corrected chi connectivity index (χ1v) is 24.6. The molecule has 0 bridgehead atoms. The quantitative estimate of drug-likeness (QED) is 0.0658. The molecule has 1 aliphatic rings. The van der Waals surface area contributed by atoms with Crippen LogP contribution in [0.15, 0.2) is 30.3 Å². The number of hydroxylamine groups is 1. The molecule has 0 aliphatic carbocycles. The molecule has 3 N–H and O–H groups in total. The molecule has 0 saturated carbocycles. The molecule has 384 valence electrons. The van der Waals surface area contributed by atoms with Gasteiger partial charge in [-0.3, -0.25) is 33.7 Å². The van der Waals surface area contributed by atoms with Crippen molar-refractivity contribution in [3.8, 4) is 0 Å². The van der Waals surface area contributed by atoms with Gasteiger partial charge < -0.3 is 39.4 Å². The Labute approximate surface area is 403 Å². The Kier molecular flexibility index (Phi) is 26.8. The molecule has 0 spiro atoms. The number of Topliss-reactive ketones (excluding diaryl/α,β-unsaturated/α-hetero) is 1. The number of likely N-dealkylation sites (tertiary alicyclic amines) is 1. The number of ether oxygens (including phenoxy) is 4. The lowest BCUT2D eigenvalue weighted by Gasteiger charge is -2.41. The minimum atomic E-state index is -0.779. The van der Waals surface area contributed by atoms with Crippen LogP contribution in [0, 0.1) is 29.6 Å². The van der Waals surface area contributed by atoms with E-state index >= 15 is 0 Å². The van der Waals surface area contributed by atoms with Crippen molar-refractivity contribution < 1.29 is 47.8 Å². The number of hydrogen-bond donors (Lipinski definition) is 3. The summed E-state index contributed by atoms with van der Waals surface area (Å²) < 4.78 is 23.4.